The summed E-state index contributed by atoms with van der Waals surface area (Å²) in [6, 6.07) is 4.77. The van der Waals surface area contributed by atoms with Crippen LogP contribution in [-0.4, -0.2) is 21.0 Å². The second-order valence-corrected chi connectivity index (χ2v) is 3.15. The first kappa shape index (κ1) is 9.60. The molecule has 5 nitrogen and oxygen atoms in total. The molecule has 0 unspecified atom stereocenters. The van der Waals surface area contributed by atoms with Gasteiger partial charge in [0.2, 0.25) is 0 Å². The summed E-state index contributed by atoms with van der Waals surface area (Å²) in [6.07, 6.45) is 1.49. The van der Waals surface area contributed by atoms with Gasteiger partial charge in [-0.05, 0) is 30.4 Å². The van der Waals surface area contributed by atoms with Gasteiger partial charge in [-0.2, -0.15) is 0 Å². The molecule has 0 aromatic carbocycles. The van der Waals surface area contributed by atoms with Gasteiger partial charge in [0.15, 0.2) is 10.5 Å². The molecular formula is C9H6N2O3S. The van der Waals surface area contributed by atoms with E-state index in [1.54, 1.807) is 12.1 Å². The number of nitrogens with zero attached hydrogens (tertiary/aromatic N) is 1. The third-order valence-corrected chi connectivity index (χ3v) is 1.94. The number of hydrogen-bond acceptors (Lipinski definition) is 4. The van der Waals surface area contributed by atoms with Crippen LogP contribution in [-0.2, 0) is 0 Å². The summed E-state index contributed by atoms with van der Waals surface area (Å²) in [5, 5.41) is 8.78. The third kappa shape index (κ3) is 1.94. The number of aromatic nitrogens is 2. The highest BCUT2D eigenvalue weighted by atomic mass is 32.1. The number of carbonyl (C=O) groups is 1. The van der Waals surface area contributed by atoms with Crippen LogP contribution in [0.5, 0.6) is 0 Å². The van der Waals surface area contributed by atoms with Gasteiger partial charge in [0, 0.05) is 0 Å². The van der Waals surface area contributed by atoms with Gasteiger partial charge in [-0.15, -0.1) is 0 Å². The Morgan fingerprint density at radius 2 is 2.40 bits per heavy atom. The van der Waals surface area contributed by atoms with Crippen molar-refractivity contribution < 1.29 is 14.3 Å². The summed E-state index contributed by atoms with van der Waals surface area (Å²) in [4.78, 5) is 17.1. The summed E-state index contributed by atoms with van der Waals surface area (Å²) in [5.74, 6) is -0.603. The van der Waals surface area contributed by atoms with Crippen LogP contribution in [0.25, 0.3) is 11.5 Å². The number of hydrogen-bond donors (Lipinski definition) is 2. The lowest BCUT2D eigenvalue weighted by atomic mass is 10.3. The Balaban J connectivity index is 2.59. The zero-order valence-electron chi connectivity index (χ0n) is 7.43. The van der Waals surface area contributed by atoms with Gasteiger partial charge in [-0.3, -0.25) is 0 Å². The van der Waals surface area contributed by atoms with Crippen molar-refractivity contribution in [1.29, 1.82) is 0 Å². The predicted molar refractivity (Wildman–Crippen MR) is 54.1 cm³/mol. The van der Waals surface area contributed by atoms with Crippen molar-refractivity contribution >= 4 is 18.2 Å². The average Bonchev–Trinajstić information content (AvgIpc) is 2.69. The number of carboxylic acid groups (broad SMARTS) is 1. The van der Waals surface area contributed by atoms with E-state index in [-0.39, 0.29) is 10.5 Å². The predicted octanol–water partition coefficient (Wildman–Crippen LogP) is 2.10. The highest BCUT2D eigenvalue weighted by molar-refractivity contribution is 7.71. The van der Waals surface area contributed by atoms with Crippen LogP contribution in [0.1, 0.15) is 10.5 Å². The molecule has 0 atom stereocenters. The van der Waals surface area contributed by atoms with Gasteiger partial charge in [0.1, 0.15) is 5.76 Å². The van der Waals surface area contributed by atoms with Gasteiger partial charge in [0.05, 0.1) is 12.0 Å². The summed E-state index contributed by atoms with van der Waals surface area (Å²) < 4.78 is 5.22. The smallest absolute Gasteiger partial charge is 0.354 e. The molecule has 6 heteroatoms. The van der Waals surface area contributed by atoms with Crippen molar-refractivity contribution in [2.45, 2.75) is 0 Å². The number of aromatic carboxylic acids is 1. The molecular weight excluding hydrogens is 216 g/mol. The van der Waals surface area contributed by atoms with E-state index in [2.05, 4.69) is 9.97 Å². The highest BCUT2D eigenvalue weighted by Crippen LogP contribution is 2.17. The molecule has 2 aromatic heterocycles. The number of nitrogens with one attached hydrogen (secondary N) is 1. The molecule has 15 heavy (non-hydrogen) atoms. The number of carboxylic acids is 1. The molecule has 0 saturated carbocycles. The van der Waals surface area contributed by atoms with E-state index < -0.39 is 5.97 Å². The fourth-order valence-corrected chi connectivity index (χ4v) is 1.34. The fraction of sp³-hybridized carbons (Fsp3) is 0. The van der Waals surface area contributed by atoms with Crippen LogP contribution in [0.15, 0.2) is 28.9 Å². The Bertz CT molecular complexity index is 545. The second-order valence-electron chi connectivity index (χ2n) is 2.77. The molecule has 2 heterocycles. The lowest BCUT2D eigenvalue weighted by Gasteiger charge is -1.98. The number of aromatic amines is 1. The molecule has 0 bridgehead atoms. The van der Waals surface area contributed by atoms with Crippen molar-refractivity contribution in [3.63, 3.8) is 0 Å². The highest BCUT2D eigenvalue weighted by Gasteiger charge is 2.09. The van der Waals surface area contributed by atoms with Crippen molar-refractivity contribution in [3.8, 4) is 11.5 Å². The van der Waals surface area contributed by atoms with Gasteiger partial charge in [-0.1, -0.05) is 0 Å². The van der Waals surface area contributed by atoms with E-state index in [0.29, 0.717) is 11.5 Å². The number of furan rings is 1. The summed E-state index contributed by atoms with van der Waals surface area (Å²) >= 11 is 4.81. The lowest BCUT2D eigenvalue weighted by Crippen LogP contribution is -2.02. The van der Waals surface area contributed by atoms with Crippen LogP contribution in [0.4, 0.5) is 0 Å². The Kier molecular flexibility index (Phi) is 2.34. The standard InChI is InChI=1S/C9H6N2O3S/c12-8(13)6-4-5(10-9(15)11-6)7-2-1-3-14-7/h1-4H,(H,12,13)(H,10,11,15). The Hall–Kier alpha value is -1.95. The van der Waals surface area contributed by atoms with Crippen LogP contribution < -0.4 is 0 Å². The Morgan fingerprint density at radius 3 is 3.00 bits per heavy atom. The van der Waals surface area contributed by atoms with Gasteiger partial charge < -0.3 is 14.5 Å². The minimum Gasteiger partial charge on any atom is -0.477 e. The molecule has 2 N–H and O–H groups in total. The molecule has 0 aliphatic heterocycles. The maximum atomic E-state index is 10.7. The van der Waals surface area contributed by atoms with E-state index in [1.165, 1.54) is 12.3 Å². The molecule has 2 rings (SSSR count). The Labute approximate surface area is 89.4 Å². The first-order valence-corrected chi connectivity index (χ1v) is 4.46. The van der Waals surface area contributed by atoms with Crippen molar-refractivity contribution in [1.82, 2.24) is 9.97 Å². The van der Waals surface area contributed by atoms with E-state index in [0.717, 1.165) is 0 Å². The molecule has 0 radical (unpaired) electrons. The SMILES string of the molecule is O=C(O)c1cc(-c2ccco2)[nH]c(=S)n1. The van der Waals surface area contributed by atoms with Crippen LogP contribution >= 0.6 is 12.2 Å². The monoisotopic (exact) mass is 222 g/mol. The number of H-pyrrole nitrogens is 1. The molecule has 0 saturated heterocycles. The maximum Gasteiger partial charge on any atom is 0.354 e. The first-order chi connectivity index (χ1) is 7.16. The molecule has 0 spiro atoms. The largest absolute Gasteiger partial charge is 0.477 e. The first-order valence-electron chi connectivity index (χ1n) is 4.05. The normalized spacial score (nSPS) is 10.1. The average molecular weight is 222 g/mol. The number of rotatable bonds is 2. The minimum atomic E-state index is -1.12. The zero-order chi connectivity index (χ0) is 10.8. The van der Waals surface area contributed by atoms with E-state index >= 15 is 0 Å². The molecule has 0 aliphatic rings. The molecule has 0 amide bonds. The van der Waals surface area contributed by atoms with E-state index in [4.69, 9.17) is 21.7 Å². The van der Waals surface area contributed by atoms with Crippen LogP contribution in [0, 0.1) is 4.77 Å². The maximum absolute atomic E-state index is 10.7. The van der Waals surface area contributed by atoms with E-state index in [9.17, 15) is 4.79 Å². The third-order valence-electron chi connectivity index (χ3n) is 1.75. The lowest BCUT2D eigenvalue weighted by molar-refractivity contribution is 0.0690. The molecule has 2 aromatic rings. The molecule has 0 fully saturated rings. The summed E-state index contributed by atoms with van der Waals surface area (Å²) in [5.41, 5.74) is 0.391. The summed E-state index contributed by atoms with van der Waals surface area (Å²) in [7, 11) is 0. The van der Waals surface area contributed by atoms with Crippen molar-refractivity contribution in [3.05, 3.63) is 34.9 Å². The van der Waals surface area contributed by atoms with E-state index in [1.807, 2.05) is 0 Å². The zero-order valence-corrected chi connectivity index (χ0v) is 8.25. The van der Waals surface area contributed by atoms with Crippen LogP contribution in [0.3, 0.4) is 0 Å². The fourth-order valence-electron chi connectivity index (χ4n) is 1.13. The second kappa shape index (κ2) is 3.66. The minimum absolute atomic E-state index is 0.106. The molecule has 0 aliphatic carbocycles. The van der Waals surface area contributed by atoms with Gasteiger partial charge in [0.25, 0.3) is 0 Å². The van der Waals surface area contributed by atoms with Gasteiger partial charge >= 0.3 is 5.97 Å². The topological polar surface area (TPSA) is 79.1 Å². The van der Waals surface area contributed by atoms with Crippen molar-refractivity contribution in [2.24, 2.45) is 0 Å². The van der Waals surface area contributed by atoms with Crippen molar-refractivity contribution in [2.75, 3.05) is 0 Å². The quantitative estimate of drug-likeness (QED) is 0.760. The van der Waals surface area contributed by atoms with Gasteiger partial charge in [-0.25, -0.2) is 9.78 Å². The molecule has 76 valence electrons. The summed E-state index contributed by atoms with van der Waals surface area (Å²) in [6.45, 7) is 0. The van der Waals surface area contributed by atoms with Crippen LogP contribution in [0.2, 0.25) is 0 Å². The Morgan fingerprint density at radius 1 is 1.60 bits per heavy atom.